The molecule has 1 aliphatic rings. The lowest BCUT2D eigenvalue weighted by molar-refractivity contribution is -0.143. The second kappa shape index (κ2) is 7.70. The average Bonchev–Trinajstić information content (AvgIpc) is 2.65. The highest BCUT2D eigenvalue weighted by Gasteiger charge is 2.36. The molecule has 0 bridgehead atoms. The average molecular weight is 368 g/mol. The van der Waals surface area contributed by atoms with Crippen LogP contribution in [0, 0.1) is 0 Å². The van der Waals surface area contributed by atoms with Crippen molar-refractivity contribution in [3.8, 4) is 5.75 Å². The summed E-state index contributed by atoms with van der Waals surface area (Å²) >= 11 is 0. The molecular formula is C21H24N2O4. The molecule has 27 heavy (non-hydrogen) atoms. The second-order valence-electron chi connectivity index (χ2n) is 6.63. The van der Waals surface area contributed by atoms with E-state index in [1.165, 1.54) is 0 Å². The van der Waals surface area contributed by atoms with Gasteiger partial charge in [0, 0.05) is 11.3 Å². The monoisotopic (exact) mass is 368 g/mol. The minimum atomic E-state index is -0.666. The van der Waals surface area contributed by atoms with Gasteiger partial charge in [-0.3, -0.25) is 0 Å². The molecule has 1 heterocycles. The number of hydrogen-bond donors (Lipinski definition) is 2. The summed E-state index contributed by atoms with van der Waals surface area (Å²) in [5.41, 5.74) is 1.71. The molecule has 0 aliphatic carbocycles. The first kappa shape index (κ1) is 18.8. The number of carbonyl (C=O) groups excluding carboxylic acids is 2. The molecule has 1 unspecified atom stereocenters. The molecule has 0 saturated carbocycles. The summed E-state index contributed by atoms with van der Waals surface area (Å²) in [6.07, 6.45) is 0.232. The molecule has 1 aliphatic heterocycles. The fourth-order valence-electron chi connectivity index (χ4n) is 3.38. The maximum absolute atomic E-state index is 12.9. The van der Waals surface area contributed by atoms with E-state index in [4.69, 9.17) is 9.47 Å². The minimum absolute atomic E-state index is 0.268. The van der Waals surface area contributed by atoms with Crippen molar-refractivity contribution in [3.05, 3.63) is 53.2 Å². The molecule has 6 nitrogen and oxygen atoms in total. The molecule has 0 spiro atoms. The van der Waals surface area contributed by atoms with Crippen LogP contribution in [0.3, 0.4) is 0 Å². The van der Waals surface area contributed by atoms with Crippen molar-refractivity contribution in [3.63, 3.8) is 0 Å². The Hall–Kier alpha value is -3.02. The number of allylic oxidation sites excluding steroid dienone is 1. The van der Waals surface area contributed by atoms with Crippen LogP contribution >= 0.6 is 0 Å². The summed E-state index contributed by atoms with van der Waals surface area (Å²) < 4.78 is 11.0. The number of amides is 2. The highest BCUT2D eigenvalue weighted by molar-refractivity contribution is 5.98. The Morgan fingerprint density at radius 3 is 2.59 bits per heavy atom. The standard InChI is InChI=1S/C21H24N2O4/c1-5-15-18(20(24)27-12(2)3)19(23-21(25)22-15)17-14-9-7-6-8-13(14)10-11-16(17)26-4/h6-12,19H,5H2,1-4H3,(H2,22,23,25). The predicted octanol–water partition coefficient (Wildman–Crippen LogP) is 3.82. The number of methoxy groups -OCH3 is 1. The number of nitrogens with one attached hydrogen (secondary N) is 2. The van der Waals surface area contributed by atoms with Crippen LogP contribution in [0.4, 0.5) is 4.79 Å². The lowest BCUT2D eigenvalue weighted by atomic mass is 9.90. The highest BCUT2D eigenvalue weighted by Crippen LogP contribution is 2.39. The van der Waals surface area contributed by atoms with Crippen molar-refractivity contribution in [2.24, 2.45) is 0 Å². The van der Waals surface area contributed by atoms with Gasteiger partial charge >= 0.3 is 12.0 Å². The van der Waals surface area contributed by atoms with Gasteiger partial charge in [-0.15, -0.1) is 0 Å². The van der Waals surface area contributed by atoms with Gasteiger partial charge < -0.3 is 20.1 Å². The third-order valence-corrected chi connectivity index (χ3v) is 4.51. The second-order valence-corrected chi connectivity index (χ2v) is 6.63. The lowest BCUT2D eigenvalue weighted by Gasteiger charge is -2.31. The number of carbonyl (C=O) groups is 2. The SMILES string of the molecule is CCC1=C(C(=O)OC(C)C)C(c2c(OC)ccc3ccccc23)NC(=O)N1. The van der Waals surface area contributed by atoms with E-state index in [0.717, 1.165) is 16.3 Å². The zero-order valence-electron chi connectivity index (χ0n) is 16.0. The van der Waals surface area contributed by atoms with Crippen LogP contribution in [0.25, 0.3) is 10.8 Å². The molecule has 142 valence electrons. The quantitative estimate of drug-likeness (QED) is 0.787. The van der Waals surface area contributed by atoms with Crippen molar-refractivity contribution in [1.29, 1.82) is 0 Å². The number of ether oxygens (including phenoxy) is 2. The molecule has 0 fully saturated rings. The number of hydrogen-bond acceptors (Lipinski definition) is 4. The third kappa shape index (κ3) is 3.60. The van der Waals surface area contributed by atoms with Gasteiger partial charge in [0.05, 0.1) is 24.8 Å². The topological polar surface area (TPSA) is 76.7 Å². The number of urea groups is 1. The first-order chi connectivity index (χ1) is 13.0. The lowest BCUT2D eigenvalue weighted by Crippen LogP contribution is -2.46. The van der Waals surface area contributed by atoms with Gasteiger partial charge in [-0.25, -0.2) is 9.59 Å². The van der Waals surface area contributed by atoms with Crippen molar-refractivity contribution >= 4 is 22.8 Å². The fourth-order valence-corrected chi connectivity index (χ4v) is 3.38. The molecule has 0 aromatic heterocycles. The summed E-state index contributed by atoms with van der Waals surface area (Å²) in [7, 11) is 1.58. The Labute approximate surface area is 158 Å². The van der Waals surface area contributed by atoms with Gasteiger partial charge in [-0.2, -0.15) is 0 Å². The van der Waals surface area contributed by atoms with Crippen molar-refractivity contribution < 1.29 is 19.1 Å². The molecule has 6 heteroatoms. The maximum Gasteiger partial charge on any atom is 0.338 e. The smallest absolute Gasteiger partial charge is 0.338 e. The van der Waals surface area contributed by atoms with E-state index in [9.17, 15) is 9.59 Å². The fraction of sp³-hybridized carbons (Fsp3) is 0.333. The summed E-state index contributed by atoms with van der Waals surface area (Å²) in [5.74, 6) is 0.153. The molecule has 2 aromatic carbocycles. The van der Waals surface area contributed by atoms with Crippen LogP contribution in [-0.2, 0) is 9.53 Å². The van der Waals surface area contributed by atoms with E-state index in [1.54, 1.807) is 21.0 Å². The van der Waals surface area contributed by atoms with E-state index < -0.39 is 12.0 Å². The normalized spacial score (nSPS) is 16.9. The van der Waals surface area contributed by atoms with Crippen LogP contribution in [0.15, 0.2) is 47.7 Å². The van der Waals surface area contributed by atoms with E-state index in [-0.39, 0.29) is 12.1 Å². The summed E-state index contributed by atoms with van der Waals surface area (Å²) in [4.78, 5) is 25.2. The van der Waals surface area contributed by atoms with E-state index in [0.29, 0.717) is 23.4 Å². The van der Waals surface area contributed by atoms with Crippen LogP contribution in [0.1, 0.15) is 38.8 Å². The Kier molecular flexibility index (Phi) is 5.35. The molecule has 2 aromatic rings. The molecular weight excluding hydrogens is 344 g/mol. The molecule has 0 radical (unpaired) electrons. The Morgan fingerprint density at radius 1 is 1.19 bits per heavy atom. The molecule has 0 saturated heterocycles. The van der Waals surface area contributed by atoms with Crippen LogP contribution in [0.5, 0.6) is 5.75 Å². The summed E-state index contributed by atoms with van der Waals surface area (Å²) in [5, 5.41) is 7.53. The number of fused-ring (bicyclic) bond motifs is 1. The van der Waals surface area contributed by atoms with Gasteiger partial charge in [-0.1, -0.05) is 37.3 Å². The Bertz CT molecular complexity index is 918. The van der Waals surface area contributed by atoms with Gasteiger partial charge in [0.1, 0.15) is 5.75 Å². The largest absolute Gasteiger partial charge is 0.496 e. The van der Waals surface area contributed by atoms with Crippen LogP contribution in [-0.4, -0.2) is 25.2 Å². The molecule has 3 rings (SSSR count). The van der Waals surface area contributed by atoms with Crippen LogP contribution in [0.2, 0.25) is 0 Å². The Balaban J connectivity index is 2.25. The van der Waals surface area contributed by atoms with Gasteiger partial charge in [-0.05, 0) is 37.1 Å². The first-order valence-corrected chi connectivity index (χ1v) is 9.03. The number of benzene rings is 2. The Morgan fingerprint density at radius 2 is 1.93 bits per heavy atom. The van der Waals surface area contributed by atoms with Crippen molar-refractivity contribution in [2.45, 2.75) is 39.3 Å². The van der Waals surface area contributed by atoms with Gasteiger partial charge in [0.15, 0.2) is 0 Å². The highest BCUT2D eigenvalue weighted by atomic mass is 16.5. The van der Waals surface area contributed by atoms with Gasteiger partial charge in [0.25, 0.3) is 0 Å². The van der Waals surface area contributed by atoms with Crippen LogP contribution < -0.4 is 15.4 Å². The predicted molar refractivity (Wildman–Crippen MR) is 103 cm³/mol. The van der Waals surface area contributed by atoms with E-state index >= 15 is 0 Å². The maximum atomic E-state index is 12.9. The van der Waals surface area contributed by atoms with E-state index in [2.05, 4.69) is 10.6 Å². The third-order valence-electron chi connectivity index (χ3n) is 4.51. The minimum Gasteiger partial charge on any atom is -0.496 e. The zero-order chi connectivity index (χ0) is 19.6. The zero-order valence-corrected chi connectivity index (χ0v) is 16.0. The number of esters is 1. The summed E-state index contributed by atoms with van der Waals surface area (Å²) in [6.45, 7) is 5.49. The molecule has 1 atom stereocenters. The van der Waals surface area contributed by atoms with Gasteiger partial charge in [0.2, 0.25) is 0 Å². The number of rotatable bonds is 5. The first-order valence-electron chi connectivity index (χ1n) is 9.03. The molecule has 2 amide bonds. The van der Waals surface area contributed by atoms with Crippen molar-refractivity contribution in [2.75, 3.05) is 7.11 Å². The molecule has 2 N–H and O–H groups in total. The summed E-state index contributed by atoms with van der Waals surface area (Å²) in [6, 6.07) is 10.6. The van der Waals surface area contributed by atoms with Crippen molar-refractivity contribution in [1.82, 2.24) is 10.6 Å². The van der Waals surface area contributed by atoms with E-state index in [1.807, 2.05) is 43.3 Å².